The van der Waals surface area contributed by atoms with E-state index in [1.54, 1.807) is 0 Å². The highest BCUT2D eigenvalue weighted by Crippen LogP contribution is 2.34. The lowest BCUT2D eigenvalue weighted by molar-refractivity contribution is 0.918. The first-order valence-electron chi connectivity index (χ1n) is 5.95. The third-order valence-electron chi connectivity index (χ3n) is 3.41. The predicted molar refractivity (Wildman–Crippen MR) is 66.5 cm³/mol. The molecule has 0 aliphatic heterocycles. The van der Waals surface area contributed by atoms with Crippen LogP contribution in [0.25, 0.3) is 11.3 Å². The van der Waals surface area contributed by atoms with Gasteiger partial charge in [-0.05, 0) is 42.0 Å². The predicted octanol–water partition coefficient (Wildman–Crippen LogP) is 3.41. The van der Waals surface area contributed by atoms with E-state index in [2.05, 4.69) is 36.2 Å². The first-order valence-corrected chi connectivity index (χ1v) is 5.95. The van der Waals surface area contributed by atoms with E-state index >= 15 is 0 Å². The van der Waals surface area contributed by atoms with Crippen molar-refractivity contribution in [2.24, 2.45) is 0 Å². The zero-order chi connectivity index (χ0) is 11.0. The van der Waals surface area contributed by atoms with Gasteiger partial charge in [0.1, 0.15) is 0 Å². The summed E-state index contributed by atoms with van der Waals surface area (Å²) in [4.78, 5) is 4.57. The second-order valence-corrected chi connectivity index (χ2v) is 4.32. The molecule has 1 nitrogen and oxygen atoms in total. The summed E-state index contributed by atoms with van der Waals surface area (Å²) in [6.45, 7) is 2.22. The molecule has 0 fully saturated rings. The van der Waals surface area contributed by atoms with Crippen LogP contribution in [0.5, 0.6) is 0 Å². The summed E-state index contributed by atoms with van der Waals surface area (Å²) < 4.78 is 0. The topological polar surface area (TPSA) is 12.9 Å². The second-order valence-electron chi connectivity index (χ2n) is 4.32. The smallest absolute Gasteiger partial charge is 0.0739 e. The van der Waals surface area contributed by atoms with Gasteiger partial charge >= 0.3 is 0 Å². The maximum absolute atomic E-state index is 4.57. The summed E-state index contributed by atoms with van der Waals surface area (Å²) >= 11 is 0. The third kappa shape index (κ3) is 1.35. The minimum Gasteiger partial charge on any atom is -0.256 e. The Bertz CT molecular complexity index is 514. The molecule has 2 aromatic rings. The van der Waals surface area contributed by atoms with Gasteiger partial charge in [-0.15, -0.1) is 0 Å². The molecule has 0 N–H and O–H groups in total. The summed E-state index contributed by atoms with van der Waals surface area (Å²) in [6, 6.07) is 10.9. The average molecular weight is 209 g/mol. The van der Waals surface area contributed by atoms with Crippen LogP contribution >= 0.6 is 0 Å². The molecule has 1 heterocycles. The van der Waals surface area contributed by atoms with Crippen LogP contribution in [-0.4, -0.2) is 4.98 Å². The molecule has 0 bridgehead atoms. The molecule has 16 heavy (non-hydrogen) atoms. The van der Waals surface area contributed by atoms with Gasteiger partial charge < -0.3 is 0 Å². The van der Waals surface area contributed by atoms with Crippen molar-refractivity contribution in [2.75, 3.05) is 0 Å². The van der Waals surface area contributed by atoms with Gasteiger partial charge in [0.2, 0.25) is 0 Å². The zero-order valence-electron chi connectivity index (χ0n) is 9.53. The quantitative estimate of drug-likeness (QED) is 0.701. The van der Waals surface area contributed by atoms with Gasteiger partial charge in [0.25, 0.3) is 0 Å². The van der Waals surface area contributed by atoms with Crippen LogP contribution in [-0.2, 0) is 19.3 Å². The Morgan fingerprint density at radius 3 is 2.75 bits per heavy atom. The summed E-state index contributed by atoms with van der Waals surface area (Å²) in [6.07, 6.45) is 5.27. The number of rotatable bonds is 1. The number of pyridine rings is 1. The molecule has 1 aromatic heterocycles. The number of aryl methyl sites for hydroxylation is 3. The van der Waals surface area contributed by atoms with Crippen molar-refractivity contribution < 1.29 is 0 Å². The fourth-order valence-corrected chi connectivity index (χ4v) is 2.60. The van der Waals surface area contributed by atoms with Crippen molar-refractivity contribution in [3.8, 4) is 11.3 Å². The largest absolute Gasteiger partial charge is 0.256 e. The first-order chi connectivity index (χ1) is 7.90. The SMILES string of the molecule is CCc1cccc2c1-c1ncccc1CC2. The molecule has 1 aliphatic rings. The van der Waals surface area contributed by atoms with Crippen LogP contribution in [0.3, 0.4) is 0 Å². The molecule has 1 heteroatoms. The highest BCUT2D eigenvalue weighted by atomic mass is 14.7. The van der Waals surface area contributed by atoms with E-state index in [0.717, 1.165) is 19.3 Å². The van der Waals surface area contributed by atoms with Gasteiger partial charge in [-0.3, -0.25) is 4.98 Å². The van der Waals surface area contributed by atoms with E-state index in [4.69, 9.17) is 0 Å². The summed E-state index contributed by atoms with van der Waals surface area (Å²) in [5.41, 5.74) is 6.90. The van der Waals surface area contributed by atoms with Gasteiger partial charge in [-0.2, -0.15) is 0 Å². The molecular weight excluding hydrogens is 194 g/mol. The van der Waals surface area contributed by atoms with Crippen molar-refractivity contribution in [3.63, 3.8) is 0 Å². The van der Waals surface area contributed by atoms with E-state index in [-0.39, 0.29) is 0 Å². The number of nitrogens with zero attached hydrogens (tertiary/aromatic N) is 1. The Kier molecular flexibility index (Phi) is 2.24. The Hall–Kier alpha value is -1.63. The van der Waals surface area contributed by atoms with Crippen LogP contribution in [0, 0.1) is 0 Å². The van der Waals surface area contributed by atoms with Crippen LogP contribution in [0.2, 0.25) is 0 Å². The molecule has 0 unspecified atom stereocenters. The first kappa shape index (κ1) is 9.59. The average Bonchev–Trinajstić information content (AvgIpc) is 2.37. The minimum atomic E-state index is 1.08. The molecule has 0 saturated heterocycles. The molecular formula is C15H15N. The molecule has 80 valence electrons. The van der Waals surface area contributed by atoms with Crippen molar-refractivity contribution in [1.29, 1.82) is 0 Å². The minimum absolute atomic E-state index is 1.08. The van der Waals surface area contributed by atoms with Gasteiger partial charge in [-0.25, -0.2) is 0 Å². The molecule has 1 aromatic carbocycles. The van der Waals surface area contributed by atoms with Crippen LogP contribution < -0.4 is 0 Å². The summed E-state index contributed by atoms with van der Waals surface area (Å²) in [5, 5.41) is 0. The van der Waals surface area contributed by atoms with Crippen molar-refractivity contribution >= 4 is 0 Å². The van der Waals surface area contributed by atoms with Crippen molar-refractivity contribution in [2.45, 2.75) is 26.2 Å². The lowest BCUT2D eigenvalue weighted by Crippen LogP contribution is -2.07. The van der Waals surface area contributed by atoms with Crippen LogP contribution in [0.1, 0.15) is 23.6 Å². The maximum Gasteiger partial charge on any atom is 0.0739 e. The Labute approximate surface area is 96.2 Å². The molecule has 0 spiro atoms. The lowest BCUT2D eigenvalue weighted by atomic mass is 9.85. The van der Waals surface area contributed by atoms with Crippen LogP contribution in [0.4, 0.5) is 0 Å². The maximum atomic E-state index is 4.57. The van der Waals surface area contributed by atoms with E-state index in [1.165, 1.54) is 27.9 Å². The molecule has 0 radical (unpaired) electrons. The molecule has 0 amide bonds. The van der Waals surface area contributed by atoms with Gasteiger partial charge in [-0.1, -0.05) is 31.2 Å². The highest BCUT2D eigenvalue weighted by molar-refractivity contribution is 5.72. The Balaban J connectivity index is 2.30. The molecule has 0 atom stereocenters. The number of benzene rings is 1. The van der Waals surface area contributed by atoms with Crippen LogP contribution in [0.15, 0.2) is 36.5 Å². The fourth-order valence-electron chi connectivity index (χ4n) is 2.60. The standard InChI is InChI=1S/C15H15N/c1-2-11-5-3-6-12-8-9-13-7-4-10-16-15(13)14(11)12/h3-7,10H,2,8-9H2,1H3. The van der Waals surface area contributed by atoms with Gasteiger partial charge in [0, 0.05) is 11.8 Å². The summed E-state index contributed by atoms with van der Waals surface area (Å²) in [5.74, 6) is 0. The third-order valence-corrected chi connectivity index (χ3v) is 3.41. The van der Waals surface area contributed by atoms with E-state index in [0.29, 0.717) is 0 Å². The molecule has 3 rings (SSSR count). The van der Waals surface area contributed by atoms with Gasteiger partial charge in [0.05, 0.1) is 5.69 Å². The number of hydrogen-bond donors (Lipinski definition) is 0. The lowest BCUT2D eigenvalue weighted by Gasteiger charge is -2.21. The zero-order valence-corrected chi connectivity index (χ0v) is 9.53. The molecule has 1 aliphatic carbocycles. The van der Waals surface area contributed by atoms with E-state index in [9.17, 15) is 0 Å². The summed E-state index contributed by atoms with van der Waals surface area (Å²) in [7, 11) is 0. The van der Waals surface area contributed by atoms with E-state index in [1.807, 2.05) is 12.3 Å². The highest BCUT2D eigenvalue weighted by Gasteiger charge is 2.18. The Morgan fingerprint density at radius 1 is 1.06 bits per heavy atom. The Morgan fingerprint density at radius 2 is 1.88 bits per heavy atom. The van der Waals surface area contributed by atoms with Gasteiger partial charge in [0.15, 0.2) is 0 Å². The second kappa shape index (κ2) is 3.75. The van der Waals surface area contributed by atoms with Crippen molar-refractivity contribution in [1.82, 2.24) is 4.98 Å². The van der Waals surface area contributed by atoms with Crippen molar-refractivity contribution in [3.05, 3.63) is 53.2 Å². The number of hydrogen-bond acceptors (Lipinski definition) is 1. The fraction of sp³-hybridized carbons (Fsp3) is 0.267. The molecule has 0 saturated carbocycles. The number of aromatic nitrogens is 1. The monoisotopic (exact) mass is 209 g/mol. The number of fused-ring (bicyclic) bond motifs is 3. The van der Waals surface area contributed by atoms with E-state index < -0.39 is 0 Å². The normalized spacial score (nSPS) is 13.1.